The molecule has 0 saturated carbocycles. The Hall–Kier alpha value is -0.780. The van der Waals surface area contributed by atoms with Crippen LogP contribution in [0.5, 0.6) is 0 Å². The smallest absolute Gasteiger partial charge is 0.0159 e. The predicted molar refractivity (Wildman–Crippen MR) is 61.6 cm³/mol. The van der Waals surface area contributed by atoms with E-state index < -0.39 is 0 Å². The highest BCUT2D eigenvalue weighted by Crippen LogP contribution is 2.37. The van der Waals surface area contributed by atoms with Gasteiger partial charge in [-0.15, -0.1) is 0 Å². The minimum Gasteiger partial charge on any atom is -0.0651 e. The summed E-state index contributed by atoms with van der Waals surface area (Å²) in [5, 5.41) is 0. The highest BCUT2D eigenvalue weighted by Gasteiger charge is 2.23. The first-order chi connectivity index (χ1) is 6.85. The molecule has 14 heavy (non-hydrogen) atoms. The van der Waals surface area contributed by atoms with Crippen LogP contribution in [0.15, 0.2) is 24.3 Å². The maximum absolute atomic E-state index is 2.33. The monoisotopic (exact) mass is 188 g/mol. The van der Waals surface area contributed by atoms with Crippen molar-refractivity contribution in [2.75, 3.05) is 0 Å². The Balaban J connectivity index is 2.31. The summed E-state index contributed by atoms with van der Waals surface area (Å²) in [6.07, 6.45) is 5.35. The van der Waals surface area contributed by atoms with Crippen LogP contribution in [-0.2, 0) is 6.42 Å². The quantitative estimate of drug-likeness (QED) is 0.654. The number of hydrogen-bond donors (Lipinski definition) is 0. The lowest BCUT2D eigenvalue weighted by atomic mass is 9.75. The van der Waals surface area contributed by atoms with Crippen LogP contribution in [0, 0.1) is 5.92 Å². The van der Waals surface area contributed by atoms with Crippen molar-refractivity contribution in [2.24, 2.45) is 5.92 Å². The maximum atomic E-state index is 2.33. The van der Waals surface area contributed by atoms with Crippen LogP contribution in [0.1, 0.15) is 50.2 Å². The first kappa shape index (κ1) is 9.76. The molecule has 0 aromatic heterocycles. The van der Waals surface area contributed by atoms with Gasteiger partial charge in [0.25, 0.3) is 0 Å². The first-order valence-electron chi connectivity index (χ1n) is 5.93. The molecular formula is C14H20. The van der Waals surface area contributed by atoms with E-state index in [1.54, 1.807) is 11.1 Å². The third-order valence-electron chi connectivity index (χ3n) is 3.69. The second-order valence-electron chi connectivity index (χ2n) is 4.52. The second kappa shape index (κ2) is 4.16. The molecule has 0 spiro atoms. The van der Waals surface area contributed by atoms with Gasteiger partial charge in [-0.2, -0.15) is 0 Å². The summed E-state index contributed by atoms with van der Waals surface area (Å²) in [4.78, 5) is 0. The van der Waals surface area contributed by atoms with Crippen LogP contribution in [0.4, 0.5) is 0 Å². The summed E-state index contributed by atoms with van der Waals surface area (Å²) in [5.41, 5.74) is 3.23. The fraction of sp³-hybridized carbons (Fsp3) is 0.571. The lowest BCUT2D eigenvalue weighted by molar-refractivity contribution is 0.386. The summed E-state index contributed by atoms with van der Waals surface area (Å²) < 4.78 is 0. The summed E-state index contributed by atoms with van der Waals surface area (Å²) in [7, 11) is 0. The van der Waals surface area contributed by atoms with Crippen molar-refractivity contribution >= 4 is 0 Å². The lowest BCUT2D eigenvalue weighted by Crippen LogP contribution is -2.17. The number of benzene rings is 1. The Morgan fingerprint density at radius 3 is 2.64 bits per heavy atom. The molecule has 0 heteroatoms. The average Bonchev–Trinajstić information content (AvgIpc) is 2.27. The van der Waals surface area contributed by atoms with Crippen molar-refractivity contribution < 1.29 is 0 Å². The van der Waals surface area contributed by atoms with Gasteiger partial charge in [0.2, 0.25) is 0 Å². The third-order valence-corrected chi connectivity index (χ3v) is 3.69. The van der Waals surface area contributed by atoms with E-state index in [0.29, 0.717) is 0 Å². The molecule has 0 fully saturated rings. The Morgan fingerprint density at radius 1 is 1.14 bits per heavy atom. The molecule has 1 aliphatic rings. The predicted octanol–water partition coefficient (Wildman–Crippen LogP) is 4.15. The number of rotatable bonds is 2. The number of fused-ring (bicyclic) bond motifs is 1. The molecule has 2 unspecified atom stereocenters. The molecule has 0 aliphatic heterocycles. The Bertz CT molecular complexity index is 301. The minimum atomic E-state index is 0.824. The van der Waals surface area contributed by atoms with Gasteiger partial charge in [0, 0.05) is 0 Å². The summed E-state index contributed by atoms with van der Waals surface area (Å²) in [6, 6.07) is 9.02. The molecule has 2 atom stereocenters. The van der Waals surface area contributed by atoms with Crippen molar-refractivity contribution in [3.63, 3.8) is 0 Å². The Labute approximate surface area is 87.3 Å². The topological polar surface area (TPSA) is 0 Å². The van der Waals surface area contributed by atoms with Gasteiger partial charge < -0.3 is 0 Å². The van der Waals surface area contributed by atoms with Gasteiger partial charge in [-0.25, -0.2) is 0 Å². The van der Waals surface area contributed by atoms with Crippen molar-refractivity contribution in [1.29, 1.82) is 0 Å². The van der Waals surface area contributed by atoms with Crippen LogP contribution in [0.2, 0.25) is 0 Å². The van der Waals surface area contributed by atoms with E-state index in [9.17, 15) is 0 Å². The van der Waals surface area contributed by atoms with Crippen molar-refractivity contribution in [3.05, 3.63) is 35.4 Å². The van der Waals surface area contributed by atoms with Gasteiger partial charge in [-0.3, -0.25) is 0 Å². The second-order valence-corrected chi connectivity index (χ2v) is 4.52. The van der Waals surface area contributed by atoms with Gasteiger partial charge in [0.1, 0.15) is 0 Å². The molecule has 0 radical (unpaired) electrons. The molecule has 0 bridgehead atoms. The molecule has 1 aromatic rings. The highest BCUT2D eigenvalue weighted by atomic mass is 14.3. The fourth-order valence-electron chi connectivity index (χ4n) is 2.74. The number of hydrogen-bond acceptors (Lipinski definition) is 0. The molecule has 0 heterocycles. The normalized spacial score (nSPS) is 25.9. The molecule has 1 aliphatic carbocycles. The molecule has 1 aromatic carbocycles. The highest BCUT2D eigenvalue weighted by molar-refractivity contribution is 5.33. The zero-order valence-corrected chi connectivity index (χ0v) is 9.29. The zero-order valence-electron chi connectivity index (χ0n) is 9.29. The van der Waals surface area contributed by atoms with E-state index in [1.807, 2.05) is 0 Å². The minimum absolute atomic E-state index is 0.824. The van der Waals surface area contributed by atoms with Crippen LogP contribution in [0.3, 0.4) is 0 Å². The van der Waals surface area contributed by atoms with Crippen molar-refractivity contribution in [1.82, 2.24) is 0 Å². The molecule has 2 rings (SSSR count). The molecule has 0 N–H and O–H groups in total. The molecule has 0 saturated heterocycles. The van der Waals surface area contributed by atoms with Crippen LogP contribution in [-0.4, -0.2) is 0 Å². The first-order valence-corrected chi connectivity index (χ1v) is 5.93. The lowest BCUT2D eigenvalue weighted by Gasteiger charge is -2.30. The van der Waals surface area contributed by atoms with Crippen LogP contribution in [0.25, 0.3) is 0 Å². The molecule has 0 nitrogen and oxygen atoms in total. The molecular weight excluding hydrogens is 168 g/mol. The van der Waals surface area contributed by atoms with E-state index in [2.05, 4.69) is 38.1 Å². The van der Waals surface area contributed by atoms with Crippen LogP contribution < -0.4 is 0 Å². The van der Waals surface area contributed by atoms with Crippen molar-refractivity contribution in [2.45, 2.75) is 45.4 Å². The van der Waals surface area contributed by atoms with E-state index in [1.165, 1.54) is 25.7 Å². The fourth-order valence-corrected chi connectivity index (χ4v) is 2.74. The van der Waals surface area contributed by atoms with Gasteiger partial charge >= 0.3 is 0 Å². The summed E-state index contributed by atoms with van der Waals surface area (Å²) in [5.74, 6) is 1.75. The van der Waals surface area contributed by atoms with Gasteiger partial charge in [-0.1, -0.05) is 44.5 Å². The van der Waals surface area contributed by atoms with Crippen LogP contribution >= 0.6 is 0 Å². The van der Waals surface area contributed by atoms with Gasteiger partial charge in [-0.05, 0) is 42.2 Å². The SMILES string of the molecule is CCC1Cc2ccccc2C(CC)C1. The maximum Gasteiger partial charge on any atom is -0.0159 e. The van der Waals surface area contributed by atoms with Gasteiger partial charge in [0.05, 0.1) is 0 Å². The summed E-state index contributed by atoms with van der Waals surface area (Å²) >= 11 is 0. The van der Waals surface area contributed by atoms with Crippen molar-refractivity contribution in [3.8, 4) is 0 Å². The Morgan fingerprint density at radius 2 is 1.93 bits per heavy atom. The Kier molecular flexibility index (Phi) is 2.90. The van der Waals surface area contributed by atoms with E-state index >= 15 is 0 Å². The summed E-state index contributed by atoms with van der Waals surface area (Å²) in [6.45, 7) is 4.64. The van der Waals surface area contributed by atoms with Gasteiger partial charge in [0.15, 0.2) is 0 Å². The van der Waals surface area contributed by atoms with E-state index in [4.69, 9.17) is 0 Å². The molecule has 0 amide bonds. The standard InChI is InChI=1S/C14H20/c1-3-11-9-12(4-2)14-8-6-5-7-13(14)10-11/h5-8,11-12H,3-4,9-10H2,1-2H3. The average molecular weight is 188 g/mol. The largest absolute Gasteiger partial charge is 0.0651 e. The van der Waals surface area contributed by atoms with E-state index in [0.717, 1.165) is 11.8 Å². The molecule has 76 valence electrons. The van der Waals surface area contributed by atoms with E-state index in [-0.39, 0.29) is 0 Å². The zero-order chi connectivity index (χ0) is 9.97. The third kappa shape index (κ3) is 1.70.